The first kappa shape index (κ1) is 14.0. The molecule has 0 amide bonds. The van der Waals surface area contributed by atoms with Gasteiger partial charge in [-0.15, -0.1) is 0 Å². The Morgan fingerprint density at radius 1 is 1.47 bits per heavy atom. The molecule has 1 aromatic carbocycles. The quantitative estimate of drug-likeness (QED) is 0.655. The molecule has 0 aliphatic carbocycles. The molecule has 1 N–H and O–H groups in total. The third-order valence-electron chi connectivity index (χ3n) is 1.91. The smallest absolute Gasteiger partial charge is 0.324 e. The van der Waals surface area contributed by atoms with E-state index in [1.54, 1.807) is 0 Å². The normalized spacial score (nSPS) is 14.4. The Morgan fingerprint density at radius 3 is 2.65 bits per heavy atom. The van der Waals surface area contributed by atoms with E-state index in [4.69, 9.17) is 0 Å². The average molecular weight is 264 g/mol. The Kier molecular flexibility index (Phi) is 4.51. The van der Waals surface area contributed by atoms with Crippen LogP contribution in [-0.2, 0) is 9.09 Å². The second kappa shape index (κ2) is 5.49. The van der Waals surface area contributed by atoms with E-state index in [9.17, 15) is 23.0 Å². The predicted octanol–water partition coefficient (Wildman–Crippen LogP) is 2.37. The number of hydrogen-bond donors (Lipinski definition) is 1. The summed E-state index contributed by atoms with van der Waals surface area (Å²) < 4.78 is 41.5. The number of hydrogen-bond acceptors (Lipinski definition) is 3. The van der Waals surface area contributed by atoms with Crippen molar-refractivity contribution in [1.82, 2.24) is 0 Å². The molecule has 0 aromatic heterocycles. The van der Waals surface area contributed by atoms with Crippen molar-refractivity contribution in [2.24, 2.45) is 0 Å². The van der Waals surface area contributed by atoms with E-state index in [0.717, 1.165) is 12.1 Å². The number of carbonyl (C=O) groups excluding carboxylic acids is 1. The van der Waals surface area contributed by atoms with Crippen LogP contribution in [0, 0.1) is 11.6 Å². The zero-order valence-electron chi connectivity index (χ0n) is 9.02. The Labute approximate surface area is 96.8 Å². The summed E-state index contributed by atoms with van der Waals surface area (Å²) >= 11 is 0. The van der Waals surface area contributed by atoms with Gasteiger partial charge in [-0.2, -0.15) is 0 Å². The van der Waals surface area contributed by atoms with E-state index in [0.29, 0.717) is 6.07 Å². The first-order valence-electron chi connectivity index (χ1n) is 4.80. The lowest BCUT2D eigenvalue weighted by Gasteiger charge is -2.09. The molecule has 94 valence electrons. The molecule has 0 fully saturated rings. The second-order valence-corrected chi connectivity index (χ2v) is 5.11. The SMILES string of the molecule is CCOP(=O)(O)CC(=O)c1ccc(F)cc1F. The number of ketones is 1. The zero-order valence-corrected chi connectivity index (χ0v) is 9.92. The Hall–Kier alpha value is -1.10. The molecule has 1 unspecified atom stereocenters. The Morgan fingerprint density at radius 2 is 2.12 bits per heavy atom. The van der Waals surface area contributed by atoms with E-state index in [1.165, 1.54) is 6.92 Å². The number of Topliss-reactive ketones (excluding diaryl/α,β-unsaturated/α-hetero) is 1. The monoisotopic (exact) mass is 264 g/mol. The van der Waals surface area contributed by atoms with Crippen molar-refractivity contribution in [3.05, 3.63) is 35.4 Å². The number of rotatable bonds is 5. The minimum absolute atomic E-state index is 0.0348. The first-order chi connectivity index (χ1) is 7.85. The average Bonchev–Trinajstić information content (AvgIpc) is 2.15. The van der Waals surface area contributed by atoms with E-state index in [1.807, 2.05) is 0 Å². The van der Waals surface area contributed by atoms with Gasteiger partial charge in [-0.3, -0.25) is 9.36 Å². The molecule has 0 bridgehead atoms. The number of carbonyl (C=O) groups is 1. The summed E-state index contributed by atoms with van der Waals surface area (Å²) in [7, 11) is -4.06. The lowest BCUT2D eigenvalue weighted by Crippen LogP contribution is -2.10. The van der Waals surface area contributed by atoms with Crippen molar-refractivity contribution in [1.29, 1.82) is 0 Å². The molecule has 0 saturated heterocycles. The van der Waals surface area contributed by atoms with Crippen molar-refractivity contribution in [3.63, 3.8) is 0 Å². The highest BCUT2D eigenvalue weighted by molar-refractivity contribution is 7.53. The van der Waals surface area contributed by atoms with Crippen LogP contribution in [0.15, 0.2) is 18.2 Å². The van der Waals surface area contributed by atoms with Crippen LogP contribution in [0.4, 0.5) is 8.78 Å². The van der Waals surface area contributed by atoms with Crippen LogP contribution in [-0.4, -0.2) is 23.4 Å². The van der Waals surface area contributed by atoms with E-state index >= 15 is 0 Å². The van der Waals surface area contributed by atoms with E-state index in [2.05, 4.69) is 4.52 Å². The number of halogens is 2. The van der Waals surface area contributed by atoms with Gasteiger partial charge in [0.05, 0.1) is 12.2 Å². The molecular formula is C10H11F2O4P. The minimum atomic E-state index is -4.06. The minimum Gasteiger partial charge on any atom is -0.324 e. The maximum Gasteiger partial charge on any atom is 0.335 e. The number of benzene rings is 1. The third kappa shape index (κ3) is 4.00. The zero-order chi connectivity index (χ0) is 13.1. The fourth-order valence-electron chi connectivity index (χ4n) is 1.23. The second-order valence-electron chi connectivity index (χ2n) is 3.26. The molecule has 0 spiro atoms. The summed E-state index contributed by atoms with van der Waals surface area (Å²) in [6.07, 6.45) is -0.830. The summed E-state index contributed by atoms with van der Waals surface area (Å²) in [5, 5.41) is 0. The van der Waals surface area contributed by atoms with Gasteiger partial charge < -0.3 is 9.42 Å². The van der Waals surface area contributed by atoms with Gasteiger partial charge in [-0.25, -0.2) is 8.78 Å². The molecule has 1 aromatic rings. The highest BCUT2D eigenvalue weighted by Gasteiger charge is 2.25. The van der Waals surface area contributed by atoms with Crippen molar-refractivity contribution >= 4 is 13.4 Å². The maximum absolute atomic E-state index is 13.2. The molecule has 1 atom stereocenters. The van der Waals surface area contributed by atoms with Gasteiger partial charge in [0.25, 0.3) is 0 Å². The van der Waals surface area contributed by atoms with Crippen molar-refractivity contribution in [2.75, 3.05) is 12.8 Å². The molecular weight excluding hydrogens is 253 g/mol. The Balaban J connectivity index is 2.87. The van der Waals surface area contributed by atoms with Gasteiger partial charge in [0.15, 0.2) is 5.78 Å². The standard InChI is InChI=1S/C10H11F2O4P/c1-2-16-17(14,15)6-10(13)8-4-3-7(11)5-9(8)12/h3-5H,2,6H2,1H3,(H,14,15). The molecule has 0 saturated carbocycles. The fourth-order valence-corrected chi connectivity index (χ4v) is 2.26. The fraction of sp³-hybridized carbons (Fsp3) is 0.300. The molecule has 4 nitrogen and oxygen atoms in total. The lowest BCUT2D eigenvalue weighted by molar-refractivity contribution is 0.100. The van der Waals surface area contributed by atoms with E-state index < -0.39 is 36.7 Å². The van der Waals surface area contributed by atoms with Gasteiger partial charge >= 0.3 is 7.60 Å². The van der Waals surface area contributed by atoms with Gasteiger partial charge in [0, 0.05) is 6.07 Å². The summed E-state index contributed by atoms with van der Waals surface area (Å²) in [5.74, 6) is -2.79. The van der Waals surface area contributed by atoms with Gasteiger partial charge in [-0.1, -0.05) is 0 Å². The van der Waals surface area contributed by atoms with E-state index in [-0.39, 0.29) is 6.61 Å². The summed E-state index contributed by atoms with van der Waals surface area (Å²) in [6.45, 7) is 1.46. The molecule has 0 heterocycles. The lowest BCUT2D eigenvalue weighted by atomic mass is 10.1. The van der Waals surface area contributed by atoms with Crippen molar-refractivity contribution in [2.45, 2.75) is 6.92 Å². The third-order valence-corrected chi connectivity index (χ3v) is 3.25. The topological polar surface area (TPSA) is 63.6 Å². The molecule has 0 radical (unpaired) electrons. The molecule has 0 aliphatic heterocycles. The van der Waals surface area contributed by atoms with Crippen LogP contribution >= 0.6 is 7.60 Å². The highest BCUT2D eigenvalue weighted by Crippen LogP contribution is 2.42. The van der Waals surface area contributed by atoms with Gasteiger partial charge in [0.1, 0.15) is 17.8 Å². The summed E-state index contributed by atoms with van der Waals surface area (Å²) in [5.41, 5.74) is -0.430. The van der Waals surface area contributed by atoms with Crippen LogP contribution in [0.1, 0.15) is 17.3 Å². The predicted molar refractivity (Wildman–Crippen MR) is 57.0 cm³/mol. The summed E-state index contributed by atoms with van der Waals surface area (Å²) in [6, 6.07) is 2.37. The van der Waals surface area contributed by atoms with Gasteiger partial charge in [0.2, 0.25) is 0 Å². The molecule has 17 heavy (non-hydrogen) atoms. The highest BCUT2D eigenvalue weighted by atomic mass is 31.2. The van der Waals surface area contributed by atoms with Crippen LogP contribution in [0.2, 0.25) is 0 Å². The van der Waals surface area contributed by atoms with Gasteiger partial charge in [-0.05, 0) is 19.1 Å². The van der Waals surface area contributed by atoms with Crippen LogP contribution in [0.5, 0.6) is 0 Å². The van der Waals surface area contributed by atoms with Crippen LogP contribution < -0.4 is 0 Å². The summed E-state index contributed by atoms with van der Waals surface area (Å²) in [4.78, 5) is 20.7. The van der Waals surface area contributed by atoms with Crippen molar-refractivity contribution in [3.8, 4) is 0 Å². The maximum atomic E-state index is 13.2. The largest absolute Gasteiger partial charge is 0.335 e. The molecule has 1 rings (SSSR count). The first-order valence-corrected chi connectivity index (χ1v) is 6.56. The Bertz CT molecular complexity index is 475. The molecule has 7 heteroatoms. The van der Waals surface area contributed by atoms with Crippen LogP contribution in [0.25, 0.3) is 0 Å². The molecule has 0 aliphatic rings. The van der Waals surface area contributed by atoms with Crippen LogP contribution in [0.3, 0.4) is 0 Å². The van der Waals surface area contributed by atoms with Crippen molar-refractivity contribution < 1.29 is 27.6 Å².